The van der Waals surface area contributed by atoms with E-state index in [1.54, 1.807) is 110 Å². The van der Waals surface area contributed by atoms with Gasteiger partial charge in [-0.3, -0.25) is 69.3 Å². The SMILES string of the molecule is CC(C)(C)CC(=O)Nc1nc2ccc(CC(C)(C)O)c(F)c2n1C1CCC1.CC(C)(O)Cc1ccc2nc(NC(=O)[C@H]3CC3(C)C)n(-c3ccc(F)cc3)c2c1F.CC(C)(O)Cc1ccc2nc(NC(=O)[C@H]3CC3(C)C)n(C3CCC3)c2c1F.CCOC(=O)Cc1ccc2nc(NC(=O)CC(C)(C)C)n(-c3ccc(F)cc3)c2c1F.CCOC(=O)Cc1ccc2nc(NC(=O)[C@H]3CC3(C)C)n(C3CCC3)c2c1F. The molecule has 6 aliphatic rings. The van der Waals surface area contributed by atoms with Crippen LogP contribution >= 0.6 is 0 Å². The van der Waals surface area contributed by atoms with Gasteiger partial charge in [-0.15, -0.1) is 0 Å². The minimum absolute atomic E-state index is 0.00938. The molecule has 0 spiro atoms. The summed E-state index contributed by atoms with van der Waals surface area (Å²) >= 11 is 0. The van der Waals surface area contributed by atoms with E-state index in [4.69, 9.17) is 9.47 Å². The van der Waals surface area contributed by atoms with E-state index < -0.39 is 57.8 Å². The fourth-order valence-electron chi connectivity index (χ4n) is 18.5. The number of esters is 2. The van der Waals surface area contributed by atoms with Crippen molar-refractivity contribution in [2.24, 2.45) is 44.8 Å². The Morgan fingerprint density at radius 2 is 0.587 bits per heavy atom. The van der Waals surface area contributed by atoms with Crippen molar-refractivity contribution >= 4 is 126 Å². The van der Waals surface area contributed by atoms with E-state index in [0.717, 1.165) is 77.0 Å². The van der Waals surface area contributed by atoms with Crippen LogP contribution in [0.15, 0.2) is 109 Å². The number of fused-ring (bicyclic) bond motifs is 5. The predicted octanol–water partition coefficient (Wildman–Crippen LogP) is 22.2. The Morgan fingerprint density at radius 1 is 0.350 bits per heavy atom. The second kappa shape index (κ2) is 41.4. The Kier molecular flexibility index (Phi) is 30.8. The Hall–Kier alpha value is -12.4. The monoisotopic (exact) mass is 1980 g/mol. The molecule has 766 valence electrons. The van der Waals surface area contributed by atoms with E-state index in [1.165, 1.54) is 63.7 Å². The summed E-state index contributed by atoms with van der Waals surface area (Å²) in [5.74, 6) is -3.49. The molecule has 3 atom stereocenters. The third-order valence-electron chi connectivity index (χ3n) is 27.0. The molecule has 0 bridgehead atoms. The number of benzene rings is 7. The molecule has 5 amide bonds. The highest BCUT2D eigenvalue weighted by atomic mass is 19.2. The second-order valence-corrected chi connectivity index (χ2v) is 45.4. The average molecular weight is 1980 g/mol. The molecule has 6 fully saturated rings. The Labute approximate surface area is 828 Å². The fourth-order valence-corrected chi connectivity index (χ4v) is 18.5. The van der Waals surface area contributed by atoms with Crippen molar-refractivity contribution in [2.45, 2.75) is 295 Å². The van der Waals surface area contributed by atoms with Crippen molar-refractivity contribution < 1.29 is 89.1 Å². The quantitative estimate of drug-likeness (QED) is 0.0175. The van der Waals surface area contributed by atoms with Gasteiger partial charge in [0.05, 0.1) is 70.4 Å². The van der Waals surface area contributed by atoms with Gasteiger partial charge in [0.1, 0.15) is 39.2 Å². The lowest BCUT2D eigenvalue weighted by atomic mass is 9.92. The number of anilines is 5. The fraction of sp³-hybridized carbons (Fsp3) is 0.505. The number of aromatic nitrogens is 10. The number of rotatable bonds is 27. The number of ether oxygens (including phenoxy) is 2. The molecule has 0 saturated heterocycles. The van der Waals surface area contributed by atoms with Gasteiger partial charge in [-0.25, -0.2) is 55.7 Å². The van der Waals surface area contributed by atoms with Crippen molar-refractivity contribution in [1.29, 1.82) is 0 Å². The zero-order valence-corrected chi connectivity index (χ0v) is 85.3. The van der Waals surface area contributed by atoms with Crippen LogP contribution in [0.25, 0.3) is 66.5 Å². The van der Waals surface area contributed by atoms with Crippen molar-refractivity contribution in [3.8, 4) is 11.4 Å². The molecule has 5 aromatic heterocycles. The van der Waals surface area contributed by atoms with Gasteiger partial charge in [0.2, 0.25) is 59.3 Å². The molecule has 7 aromatic carbocycles. The number of carbonyl (C=O) groups is 7. The summed E-state index contributed by atoms with van der Waals surface area (Å²) < 4.78 is 122. The van der Waals surface area contributed by atoms with Crippen molar-refractivity contribution in [3.05, 3.63) is 178 Å². The summed E-state index contributed by atoms with van der Waals surface area (Å²) in [7, 11) is 0. The first-order valence-corrected chi connectivity index (χ1v) is 49.4. The van der Waals surface area contributed by atoms with Crippen LogP contribution in [0.1, 0.15) is 274 Å². The zero-order valence-electron chi connectivity index (χ0n) is 85.3. The van der Waals surface area contributed by atoms with Gasteiger partial charge in [0.25, 0.3) is 0 Å². The lowest BCUT2D eigenvalue weighted by Gasteiger charge is -2.29. The highest BCUT2D eigenvalue weighted by Gasteiger charge is 2.53. The molecule has 0 unspecified atom stereocenters. The van der Waals surface area contributed by atoms with Gasteiger partial charge in [-0.2, -0.15) is 0 Å². The number of amides is 5. The summed E-state index contributed by atoms with van der Waals surface area (Å²) in [6, 6.07) is 27.9. The number of aliphatic hydroxyl groups is 3. The predicted molar refractivity (Wildman–Crippen MR) is 537 cm³/mol. The number of imidazole rings is 5. The van der Waals surface area contributed by atoms with E-state index >= 15 is 22.0 Å². The molecule has 27 nitrogen and oxygen atoms in total. The van der Waals surface area contributed by atoms with Crippen LogP contribution in [-0.2, 0) is 75.1 Å². The maximum Gasteiger partial charge on any atom is 0.310 e. The van der Waals surface area contributed by atoms with E-state index in [-0.39, 0.29) is 190 Å². The van der Waals surface area contributed by atoms with Crippen molar-refractivity contribution in [1.82, 2.24) is 47.8 Å². The standard InChI is InChI=1S/C23H25F2N3O3.C23H25F2N3O2.C21H26FN3O3.C21H28FN3O2.C21H30FN3O2/c1-5-31-19(30)12-14-6-11-17-21(20(14)25)28(16-9-7-15(24)8-10-16)22(26-17)27-18(29)13-23(2,3)4;1-22(2)12-16(22)20(29)27-21-26-17-10-5-13(11-23(3,4)30)18(25)19(17)28(21)15-8-6-14(24)7-9-15;1-4-28-16(26)10-12-8-9-15-18(17(12)22)25(13-6-5-7-13)20(23-15)24-19(27)14-11-21(14,2)3;1-20(2)11-14(20)18(26)24-19-23-15-9-8-12(10-21(3,4)27)16(22)17(15)25(19)13-6-5-7-13;1-20(2,3)12-16(26)24-19-23-15-10-9-13(11-21(4,5)27)17(22)18(15)25(19)14-7-6-8-14/h6-11H,5,12-13H2,1-4H3,(H,26,27,29);5-10,16,30H,11-12H2,1-4H3,(H,26,27,29);8-9,13-14H,4-7,10-11H2,1-3H3,(H,23,24,27);8-9,13-14,27H,5-7,10-11H2,1-4H3,(H,23,24,26);9-10,14,27H,6-8,11-12H2,1-5H3,(H,23,24,26)/t;16-;2*14-;/m.111./s1. The minimum atomic E-state index is -1.09. The lowest BCUT2D eigenvalue weighted by Crippen LogP contribution is -2.25. The van der Waals surface area contributed by atoms with Gasteiger partial charge in [-0.05, 0) is 255 Å². The summed E-state index contributed by atoms with van der Waals surface area (Å²) in [5.41, 5.74) is 2.77. The third kappa shape index (κ3) is 25.3. The third-order valence-corrected chi connectivity index (χ3v) is 27.0. The number of carbonyl (C=O) groups excluding carboxylic acids is 7. The molecule has 6 saturated carbocycles. The Morgan fingerprint density at radius 3 is 0.853 bits per heavy atom. The highest BCUT2D eigenvalue weighted by Crippen LogP contribution is 2.55. The van der Waals surface area contributed by atoms with Crippen LogP contribution in [0.4, 0.5) is 60.5 Å². The zero-order chi connectivity index (χ0) is 104. The molecule has 0 aliphatic heterocycles. The largest absolute Gasteiger partial charge is 0.466 e. The molecular formula is C109H134F7N15O12. The summed E-state index contributed by atoms with van der Waals surface area (Å²) in [6.45, 7) is 37.8. The van der Waals surface area contributed by atoms with Crippen molar-refractivity contribution in [3.63, 3.8) is 0 Å². The number of nitrogens with one attached hydrogen (secondary N) is 5. The van der Waals surface area contributed by atoms with Gasteiger partial charge in [0, 0.05) is 90.5 Å². The minimum Gasteiger partial charge on any atom is -0.466 e. The molecule has 0 radical (unpaired) electrons. The first-order chi connectivity index (χ1) is 66.9. The molecule has 5 heterocycles. The van der Waals surface area contributed by atoms with Gasteiger partial charge >= 0.3 is 11.9 Å². The Bertz CT molecular complexity index is 6820. The van der Waals surface area contributed by atoms with E-state index in [2.05, 4.69) is 79.2 Å². The van der Waals surface area contributed by atoms with Crippen molar-refractivity contribution in [2.75, 3.05) is 39.8 Å². The number of hydrogen-bond donors (Lipinski definition) is 8. The van der Waals surface area contributed by atoms with Gasteiger partial charge in [-0.1, -0.05) is 113 Å². The lowest BCUT2D eigenvalue weighted by molar-refractivity contribution is -0.143. The first kappa shape index (κ1) is 106. The molecular weight excluding hydrogens is 1840 g/mol. The number of halogens is 7. The maximum atomic E-state index is 15.5. The van der Waals surface area contributed by atoms with E-state index in [0.29, 0.717) is 96.5 Å². The summed E-state index contributed by atoms with van der Waals surface area (Å²) in [5, 5.41) is 44.7. The first-order valence-electron chi connectivity index (χ1n) is 49.4. The van der Waals surface area contributed by atoms with Crippen LogP contribution in [0.3, 0.4) is 0 Å². The highest BCUT2D eigenvalue weighted by molar-refractivity contribution is 5.99. The topological polar surface area (TPSA) is 348 Å². The van der Waals surface area contributed by atoms with Crippen LogP contribution in [0.2, 0.25) is 0 Å². The van der Waals surface area contributed by atoms with Crippen LogP contribution in [0.5, 0.6) is 0 Å². The summed E-state index contributed by atoms with van der Waals surface area (Å²) in [6.07, 6.45) is 12.2. The molecule has 143 heavy (non-hydrogen) atoms. The van der Waals surface area contributed by atoms with Gasteiger partial charge < -0.3 is 38.5 Å². The molecule has 6 aliphatic carbocycles. The van der Waals surface area contributed by atoms with E-state index in [1.807, 2.05) is 69.1 Å². The normalized spacial score (nSPS) is 17.4. The van der Waals surface area contributed by atoms with Crippen LogP contribution in [0, 0.1) is 85.5 Å². The van der Waals surface area contributed by atoms with Gasteiger partial charge in [0.15, 0.2) is 29.1 Å². The smallest absolute Gasteiger partial charge is 0.310 e. The second-order valence-electron chi connectivity index (χ2n) is 45.4. The Balaban J connectivity index is 0.000000142. The molecule has 12 aromatic rings. The molecule has 34 heteroatoms. The maximum absolute atomic E-state index is 15.5. The number of nitrogens with zero attached hydrogens (tertiary/aromatic N) is 10. The van der Waals surface area contributed by atoms with Crippen LogP contribution in [-0.4, -0.2) is 135 Å². The average Bonchev–Trinajstić information content (AvgIpc) is 1.60. The van der Waals surface area contributed by atoms with Crippen LogP contribution < -0.4 is 26.6 Å². The molecule has 18 rings (SSSR count). The van der Waals surface area contributed by atoms with E-state index in [9.17, 15) is 57.7 Å². The molecule has 8 N–H and O–H groups in total. The number of hydrogen-bond acceptors (Lipinski definition) is 17. The summed E-state index contributed by atoms with van der Waals surface area (Å²) in [4.78, 5) is 109.